The average Bonchev–Trinajstić information content (AvgIpc) is 3.36. The Kier molecular flexibility index (Phi) is 5.70. The molecule has 1 amide bonds. The molecule has 0 fully saturated rings. The molecule has 0 saturated carbocycles. The van der Waals surface area contributed by atoms with E-state index < -0.39 is 11.7 Å². The first-order valence-corrected chi connectivity index (χ1v) is 10.2. The highest BCUT2D eigenvalue weighted by atomic mass is 35.5. The van der Waals surface area contributed by atoms with Gasteiger partial charge in [-0.15, -0.1) is 5.10 Å². The Hall–Kier alpha value is -3.66. The number of imidazole rings is 1. The maximum Gasteiger partial charge on any atom is 0.437 e. The van der Waals surface area contributed by atoms with Gasteiger partial charge < -0.3 is 14.3 Å². The minimum absolute atomic E-state index is 0.0592. The van der Waals surface area contributed by atoms with E-state index in [1.165, 1.54) is 0 Å². The molecular formula is C21H22ClN7O3. The molecule has 0 atom stereocenters. The molecule has 3 aromatic heterocycles. The molecule has 3 heterocycles. The third-order valence-electron chi connectivity index (χ3n) is 5.24. The van der Waals surface area contributed by atoms with Gasteiger partial charge in [0.2, 0.25) is 5.91 Å². The van der Waals surface area contributed by atoms with Gasteiger partial charge in [0.25, 0.3) is 5.89 Å². The molecule has 0 bridgehead atoms. The molecule has 0 saturated heterocycles. The molecule has 4 aromatic rings. The molecule has 4 rings (SSSR count). The zero-order valence-electron chi connectivity index (χ0n) is 18.1. The zero-order valence-corrected chi connectivity index (χ0v) is 18.8. The van der Waals surface area contributed by atoms with Crippen LogP contribution >= 0.6 is 11.6 Å². The van der Waals surface area contributed by atoms with Crippen LogP contribution in [0.3, 0.4) is 0 Å². The molecule has 10 nitrogen and oxygen atoms in total. The second-order valence-corrected chi connectivity index (χ2v) is 7.92. The van der Waals surface area contributed by atoms with Crippen LogP contribution in [0.2, 0.25) is 5.02 Å². The number of aryl methyl sites for hydroxylation is 2. The summed E-state index contributed by atoms with van der Waals surface area (Å²) in [5, 5.41) is 11.9. The van der Waals surface area contributed by atoms with Gasteiger partial charge in [-0.1, -0.05) is 23.7 Å². The summed E-state index contributed by atoms with van der Waals surface area (Å²) < 4.78 is 9.84. The summed E-state index contributed by atoms with van der Waals surface area (Å²) in [4.78, 5) is 29.1. The van der Waals surface area contributed by atoms with Crippen LogP contribution in [-0.4, -0.2) is 35.0 Å². The van der Waals surface area contributed by atoms with Crippen molar-refractivity contribution in [2.45, 2.75) is 33.9 Å². The number of nitrogens with zero attached hydrogens (tertiary/aromatic N) is 6. The maximum absolute atomic E-state index is 12.5. The van der Waals surface area contributed by atoms with Crippen molar-refractivity contribution < 1.29 is 9.21 Å². The van der Waals surface area contributed by atoms with E-state index in [4.69, 9.17) is 16.0 Å². The lowest BCUT2D eigenvalue weighted by Gasteiger charge is -2.05. The minimum atomic E-state index is -0.735. The number of nitrogens with one attached hydrogen (secondary N) is 1. The first kappa shape index (κ1) is 21.6. The van der Waals surface area contributed by atoms with Crippen molar-refractivity contribution in [1.82, 2.24) is 29.1 Å². The summed E-state index contributed by atoms with van der Waals surface area (Å²) in [6, 6.07) is 7.51. The van der Waals surface area contributed by atoms with Gasteiger partial charge in [0.15, 0.2) is 0 Å². The van der Waals surface area contributed by atoms with Gasteiger partial charge in [0.1, 0.15) is 12.2 Å². The van der Waals surface area contributed by atoms with Crippen molar-refractivity contribution in [2.24, 2.45) is 7.05 Å². The Bertz CT molecular complexity index is 1340. The molecule has 32 heavy (non-hydrogen) atoms. The summed E-state index contributed by atoms with van der Waals surface area (Å²) in [6.07, 6.45) is 1.65. The van der Waals surface area contributed by atoms with E-state index in [-0.39, 0.29) is 12.4 Å². The van der Waals surface area contributed by atoms with Crippen molar-refractivity contribution in [3.8, 4) is 11.6 Å². The van der Waals surface area contributed by atoms with Gasteiger partial charge >= 0.3 is 5.76 Å². The van der Waals surface area contributed by atoms with Crippen molar-refractivity contribution in [3.05, 3.63) is 68.8 Å². The molecule has 166 valence electrons. The van der Waals surface area contributed by atoms with Crippen molar-refractivity contribution >= 4 is 23.2 Å². The van der Waals surface area contributed by atoms with Crippen LogP contribution in [-0.2, 0) is 24.9 Å². The second kappa shape index (κ2) is 8.46. The number of halogens is 1. The van der Waals surface area contributed by atoms with E-state index >= 15 is 0 Å². The maximum atomic E-state index is 12.5. The van der Waals surface area contributed by atoms with Crippen LogP contribution in [0.4, 0.5) is 5.69 Å². The number of rotatable bonds is 6. The van der Waals surface area contributed by atoms with Crippen LogP contribution in [0.5, 0.6) is 0 Å². The standard InChI is InChI=1S/C21H22ClN7O3/c1-12-18(13(2)27(4)25-12)24-17(30)10-29-21(31)32-20(26-29)19-14(3)28(11-23-19)9-15-5-7-16(22)8-6-15/h5-8,11H,9-10H2,1-4H3,(H,24,30). The number of hydrogen-bond donors (Lipinski definition) is 1. The number of hydrogen-bond acceptors (Lipinski definition) is 6. The van der Waals surface area contributed by atoms with E-state index in [2.05, 4.69) is 20.5 Å². The van der Waals surface area contributed by atoms with Crippen LogP contribution in [0.15, 0.2) is 39.8 Å². The number of anilines is 1. The second-order valence-electron chi connectivity index (χ2n) is 7.48. The fraction of sp³-hybridized carbons (Fsp3) is 0.286. The van der Waals surface area contributed by atoms with E-state index in [9.17, 15) is 9.59 Å². The van der Waals surface area contributed by atoms with Crippen LogP contribution in [0.25, 0.3) is 11.6 Å². The van der Waals surface area contributed by atoms with Gasteiger partial charge in [-0.05, 0) is 38.5 Å². The predicted molar refractivity (Wildman–Crippen MR) is 119 cm³/mol. The molecule has 0 aliphatic carbocycles. The number of aromatic nitrogens is 6. The van der Waals surface area contributed by atoms with Crippen LogP contribution in [0, 0.1) is 20.8 Å². The summed E-state index contributed by atoms with van der Waals surface area (Å²) in [7, 11) is 1.79. The third-order valence-corrected chi connectivity index (χ3v) is 5.49. The predicted octanol–water partition coefficient (Wildman–Crippen LogP) is 2.70. The van der Waals surface area contributed by atoms with Crippen molar-refractivity contribution in [3.63, 3.8) is 0 Å². The van der Waals surface area contributed by atoms with E-state index in [1.807, 2.05) is 42.7 Å². The lowest BCUT2D eigenvalue weighted by molar-refractivity contribution is -0.117. The number of carbonyl (C=O) groups excluding carboxylic acids is 1. The van der Waals surface area contributed by atoms with E-state index in [0.717, 1.165) is 21.6 Å². The van der Waals surface area contributed by atoms with Crippen LogP contribution < -0.4 is 11.1 Å². The Labute approximate surface area is 188 Å². The highest BCUT2D eigenvalue weighted by Crippen LogP contribution is 2.21. The summed E-state index contributed by atoms with van der Waals surface area (Å²) in [5.41, 5.74) is 4.38. The molecule has 0 spiro atoms. The summed E-state index contributed by atoms with van der Waals surface area (Å²) >= 11 is 5.94. The first-order valence-electron chi connectivity index (χ1n) is 9.87. The molecule has 0 radical (unpaired) electrons. The van der Waals surface area contributed by atoms with Gasteiger partial charge in [-0.3, -0.25) is 9.48 Å². The fourth-order valence-electron chi connectivity index (χ4n) is 3.37. The molecule has 0 aliphatic heterocycles. The number of benzene rings is 1. The molecule has 0 unspecified atom stereocenters. The molecule has 1 aromatic carbocycles. The van der Waals surface area contributed by atoms with E-state index in [1.54, 1.807) is 25.0 Å². The highest BCUT2D eigenvalue weighted by Gasteiger charge is 2.19. The number of amides is 1. The third kappa shape index (κ3) is 4.22. The largest absolute Gasteiger partial charge is 0.437 e. The Morgan fingerprint density at radius 1 is 1.12 bits per heavy atom. The fourth-order valence-corrected chi connectivity index (χ4v) is 3.50. The van der Waals surface area contributed by atoms with Gasteiger partial charge in [-0.2, -0.15) is 9.78 Å². The Morgan fingerprint density at radius 2 is 1.84 bits per heavy atom. The number of carbonyl (C=O) groups is 1. The van der Waals surface area contributed by atoms with E-state index in [0.29, 0.717) is 28.6 Å². The lowest BCUT2D eigenvalue weighted by Crippen LogP contribution is -2.26. The summed E-state index contributed by atoms with van der Waals surface area (Å²) in [6.45, 7) is 5.79. The molecule has 0 aliphatic rings. The van der Waals surface area contributed by atoms with Gasteiger partial charge in [0.05, 0.1) is 23.4 Å². The minimum Gasteiger partial charge on any atom is -0.386 e. The average molecular weight is 456 g/mol. The van der Waals surface area contributed by atoms with Gasteiger partial charge in [0, 0.05) is 24.3 Å². The van der Waals surface area contributed by atoms with Gasteiger partial charge in [-0.25, -0.2) is 9.78 Å². The smallest absolute Gasteiger partial charge is 0.386 e. The molecule has 1 N–H and O–H groups in total. The molecular weight excluding hydrogens is 434 g/mol. The monoisotopic (exact) mass is 455 g/mol. The first-order chi connectivity index (χ1) is 15.2. The Morgan fingerprint density at radius 3 is 2.50 bits per heavy atom. The summed E-state index contributed by atoms with van der Waals surface area (Å²) in [5.74, 6) is -1.08. The van der Waals surface area contributed by atoms with Crippen LogP contribution in [0.1, 0.15) is 22.6 Å². The highest BCUT2D eigenvalue weighted by molar-refractivity contribution is 6.30. The lowest BCUT2D eigenvalue weighted by atomic mass is 10.2. The normalized spacial score (nSPS) is 11.2. The topological polar surface area (TPSA) is 113 Å². The van der Waals surface area contributed by atoms with Crippen molar-refractivity contribution in [2.75, 3.05) is 5.32 Å². The molecule has 11 heteroatoms. The Balaban J connectivity index is 1.51. The zero-order chi connectivity index (χ0) is 23.0. The van der Waals surface area contributed by atoms with Crippen molar-refractivity contribution in [1.29, 1.82) is 0 Å². The SMILES string of the molecule is Cc1nn(C)c(C)c1NC(=O)Cn1nc(-c2ncn(Cc3ccc(Cl)cc3)c2C)oc1=O. The quantitative estimate of drug-likeness (QED) is 0.478.